The highest BCUT2D eigenvalue weighted by molar-refractivity contribution is 7.99. The van der Waals surface area contributed by atoms with Crippen LogP contribution in [0, 0.1) is 5.92 Å². The molecule has 2 aromatic rings. The molecule has 4 rings (SSSR count). The molecule has 1 fully saturated rings. The van der Waals surface area contributed by atoms with Gasteiger partial charge in [-0.2, -0.15) is 4.31 Å². The summed E-state index contributed by atoms with van der Waals surface area (Å²) in [6.07, 6.45) is 1.68. The first-order valence-electron chi connectivity index (χ1n) is 10.8. The second kappa shape index (κ2) is 9.74. The lowest BCUT2D eigenvalue weighted by Crippen LogP contribution is -2.41. The summed E-state index contributed by atoms with van der Waals surface area (Å²) < 4.78 is 33.0. The van der Waals surface area contributed by atoms with Crippen LogP contribution in [0.1, 0.15) is 19.8 Å². The highest BCUT2D eigenvalue weighted by Crippen LogP contribution is 2.38. The van der Waals surface area contributed by atoms with Crippen molar-refractivity contribution in [2.45, 2.75) is 29.6 Å². The zero-order valence-electron chi connectivity index (χ0n) is 18.6. The minimum atomic E-state index is -3.66. The van der Waals surface area contributed by atoms with Gasteiger partial charge in [0.05, 0.1) is 23.4 Å². The fourth-order valence-corrected chi connectivity index (χ4v) is 6.57. The number of hydrogen-bond donors (Lipinski definition) is 1. The fraction of sp³-hybridized carbons (Fsp3) is 0.391. The van der Waals surface area contributed by atoms with Crippen LogP contribution in [0.5, 0.6) is 5.75 Å². The Kier molecular flexibility index (Phi) is 6.96. The predicted octanol–water partition coefficient (Wildman–Crippen LogP) is 3.19. The zero-order valence-corrected chi connectivity index (χ0v) is 20.2. The first-order valence-corrected chi connectivity index (χ1v) is 13.2. The van der Waals surface area contributed by atoms with Gasteiger partial charge in [0, 0.05) is 29.7 Å². The van der Waals surface area contributed by atoms with Crippen molar-refractivity contribution >= 4 is 45.0 Å². The molecule has 0 radical (unpaired) electrons. The number of ether oxygens (including phenoxy) is 1. The number of methoxy groups -OCH3 is 1. The molecule has 1 saturated heterocycles. The lowest BCUT2D eigenvalue weighted by atomic mass is 10.1. The standard InChI is InChI=1S/C23H27N3O5S2/c1-16-15-32-21-10-9-17(33(29,30)25-11-5-6-12-25)13-19(21)26(23(16)28)14-22(27)24-18-7-3-4-8-20(18)31-2/h3-4,7-10,13,16H,5-6,11-12,14-15H2,1-2H3,(H,24,27)/t16-/m0/s1. The van der Waals surface area contributed by atoms with Crippen molar-refractivity contribution in [3.05, 3.63) is 42.5 Å². The molecule has 10 heteroatoms. The second-order valence-electron chi connectivity index (χ2n) is 8.13. The maximum Gasteiger partial charge on any atom is 0.244 e. The van der Waals surface area contributed by atoms with E-state index in [1.54, 1.807) is 36.4 Å². The van der Waals surface area contributed by atoms with Gasteiger partial charge in [0.25, 0.3) is 0 Å². The molecule has 176 valence electrons. The SMILES string of the molecule is COc1ccccc1NC(=O)CN1C(=O)[C@@H](C)CSc2ccc(S(=O)(=O)N3CCCC3)cc21. The molecule has 2 aromatic carbocycles. The third-order valence-corrected chi connectivity index (χ3v) is 9.00. The molecule has 2 heterocycles. The van der Waals surface area contributed by atoms with Crippen LogP contribution < -0.4 is 15.0 Å². The number of carbonyl (C=O) groups is 2. The van der Waals surface area contributed by atoms with E-state index in [-0.39, 0.29) is 23.3 Å². The highest BCUT2D eigenvalue weighted by Gasteiger charge is 2.33. The molecule has 2 aliphatic heterocycles. The zero-order chi connectivity index (χ0) is 23.6. The predicted molar refractivity (Wildman–Crippen MR) is 128 cm³/mol. The van der Waals surface area contributed by atoms with Gasteiger partial charge in [-0.1, -0.05) is 19.1 Å². The van der Waals surface area contributed by atoms with Crippen LogP contribution in [-0.2, 0) is 19.6 Å². The number of carbonyl (C=O) groups excluding carboxylic acids is 2. The molecule has 0 aliphatic carbocycles. The van der Waals surface area contributed by atoms with Gasteiger partial charge >= 0.3 is 0 Å². The molecule has 0 aromatic heterocycles. The Bertz CT molecular complexity index is 1160. The summed E-state index contributed by atoms with van der Waals surface area (Å²) in [6, 6.07) is 11.9. The van der Waals surface area contributed by atoms with Crippen molar-refractivity contribution in [3.63, 3.8) is 0 Å². The molecule has 0 unspecified atom stereocenters. The topological polar surface area (TPSA) is 96.0 Å². The van der Waals surface area contributed by atoms with Gasteiger partial charge in [0.2, 0.25) is 21.8 Å². The van der Waals surface area contributed by atoms with Gasteiger partial charge in [-0.15, -0.1) is 11.8 Å². The van der Waals surface area contributed by atoms with Gasteiger partial charge in [-0.3, -0.25) is 9.59 Å². The second-order valence-corrected chi connectivity index (χ2v) is 11.1. The number of rotatable bonds is 6. The minimum absolute atomic E-state index is 0.140. The molecular weight excluding hydrogens is 462 g/mol. The van der Waals surface area contributed by atoms with E-state index in [1.807, 2.05) is 6.92 Å². The monoisotopic (exact) mass is 489 g/mol. The summed E-state index contributed by atoms with van der Waals surface area (Å²) in [4.78, 5) is 28.4. The largest absolute Gasteiger partial charge is 0.495 e. The summed E-state index contributed by atoms with van der Waals surface area (Å²) in [5.74, 6) is 0.128. The number of sulfonamides is 1. The quantitative estimate of drug-likeness (QED) is 0.670. The fourth-order valence-electron chi connectivity index (χ4n) is 3.98. The summed E-state index contributed by atoms with van der Waals surface area (Å²) in [5.41, 5.74) is 0.949. The first kappa shape index (κ1) is 23.6. The maximum absolute atomic E-state index is 13.2. The Hall–Kier alpha value is -2.56. The van der Waals surface area contributed by atoms with Crippen molar-refractivity contribution in [1.82, 2.24) is 4.31 Å². The summed E-state index contributed by atoms with van der Waals surface area (Å²) in [6.45, 7) is 2.57. The lowest BCUT2D eigenvalue weighted by Gasteiger charge is -2.25. The smallest absolute Gasteiger partial charge is 0.244 e. The molecule has 1 atom stereocenters. The normalized spacial score (nSPS) is 19.2. The Morgan fingerprint density at radius 1 is 1.18 bits per heavy atom. The average molecular weight is 490 g/mol. The molecule has 33 heavy (non-hydrogen) atoms. The van der Waals surface area contributed by atoms with Gasteiger partial charge < -0.3 is 15.0 Å². The summed E-state index contributed by atoms with van der Waals surface area (Å²) in [7, 11) is -2.14. The number of amides is 2. The van der Waals surface area contributed by atoms with Gasteiger partial charge in [-0.05, 0) is 43.2 Å². The van der Waals surface area contributed by atoms with Crippen LogP contribution in [-0.4, -0.2) is 57.0 Å². The van der Waals surface area contributed by atoms with Crippen molar-refractivity contribution in [2.75, 3.05) is 42.7 Å². The van der Waals surface area contributed by atoms with E-state index in [9.17, 15) is 18.0 Å². The number of anilines is 2. The van der Waals surface area contributed by atoms with Crippen molar-refractivity contribution in [2.24, 2.45) is 5.92 Å². The molecule has 8 nitrogen and oxygen atoms in total. The number of nitrogens with zero attached hydrogens (tertiary/aromatic N) is 2. The summed E-state index contributed by atoms with van der Waals surface area (Å²) >= 11 is 1.49. The maximum atomic E-state index is 13.2. The lowest BCUT2D eigenvalue weighted by molar-refractivity contribution is -0.123. The van der Waals surface area contributed by atoms with Crippen LogP contribution in [0.4, 0.5) is 11.4 Å². The average Bonchev–Trinajstić information content (AvgIpc) is 3.33. The van der Waals surface area contributed by atoms with Crippen LogP contribution >= 0.6 is 11.8 Å². The van der Waals surface area contributed by atoms with Crippen molar-refractivity contribution in [3.8, 4) is 5.75 Å². The number of nitrogens with one attached hydrogen (secondary N) is 1. The van der Waals surface area contributed by atoms with E-state index >= 15 is 0 Å². The number of hydrogen-bond acceptors (Lipinski definition) is 6. The Balaban J connectivity index is 1.66. The van der Waals surface area contributed by atoms with Gasteiger partial charge in [-0.25, -0.2) is 8.42 Å². The summed E-state index contributed by atoms with van der Waals surface area (Å²) in [5, 5.41) is 2.79. The molecule has 0 spiro atoms. The Labute approximate surface area is 198 Å². The molecular formula is C23H27N3O5S2. The van der Waals surface area contributed by atoms with Crippen LogP contribution in [0.3, 0.4) is 0 Å². The molecule has 0 saturated carbocycles. The van der Waals surface area contributed by atoms with E-state index in [1.165, 1.54) is 34.1 Å². The van der Waals surface area contributed by atoms with E-state index in [2.05, 4.69) is 5.32 Å². The first-order chi connectivity index (χ1) is 15.8. The third kappa shape index (κ3) is 4.87. The van der Waals surface area contributed by atoms with Crippen LogP contribution in [0.25, 0.3) is 0 Å². The number of fused-ring (bicyclic) bond motifs is 1. The van der Waals surface area contributed by atoms with E-state index in [4.69, 9.17) is 4.74 Å². The molecule has 2 amide bonds. The van der Waals surface area contributed by atoms with Crippen LogP contribution in [0.15, 0.2) is 52.3 Å². The molecule has 2 aliphatic rings. The number of para-hydroxylation sites is 2. The van der Waals surface area contributed by atoms with Crippen molar-refractivity contribution in [1.29, 1.82) is 0 Å². The minimum Gasteiger partial charge on any atom is -0.495 e. The third-order valence-electron chi connectivity index (χ3n) is 5.78. The van der Waals surface area contributed by atoms with Crippen molar-refractivity contribution < 1.29 is 22.7 Å². The molecule has 0 bridgehead atoms. The molecule has 1 N–H and O–H groups in total. The highest BCUT2D eigenvalue weighted by atomic mass is 32.2. The van der Waals surface area contributed by atoms with E-state index in [0.717, 1.165) is 17.7 Å². The number of thioether (sulfide) groups is 1. The van der Waals surface area contributed by atoms with Gasteiger partial charge in [0.1, 0.15) is 12.3 Å². The Morgan fingerprint density at radius 3 is 2.64 bits per heavy atom. The number of benzene rings is 2. The van der Waals surface area contributed by atoms with Gasteiger partial charge in [0.15, 0.2) is 0 Å². The Morgan fingerprint density at radius 2 is 1.91 bits per heavy atom. The van der Waals surface area contributed by atoms with E-state index < -0.39 is 15.9 Å². The van der Waals surface area contributed by atoms with E-state index in [0.29, 0.717) is 36.0 Å². The van der Waals surface area contributed by atoms with Crippen LogP contribution in [0.2, 0.25) is 0 Å².